The van der Waals surface area contributed by atoms with E-state index in [2.05, 4.69) is 5.32 Å². The number of hydrogen-bond acceptors (Lipinski definition) is 4. The summed E-state index contributed by atoms with van der Waals surface area (Å²) in [6, 6.07) is -0.00329. The molecule has 114 valence electrons. The van der Waals surface area contributed by atoms with Crippen LogP contribution in [-0.2, 0) is 14.3 Å². The summed E-state index contributed by atoms with van der Waals surface area (Å²) in [7, 11) is 0. The second-order valence-electron chi connectivity index (χ2n) is 5.59. The van der Waals surface area contributed by atoms with Gasteiger partial charge in [-0.3, -0.25) is 4.79 Å². The van der Waals surface area contributed by atoms with Gasteiger partial charge in [-0.25, -0.2) is 4.79 Å². The molecule has 0 radical (unpaired) electrons. The third-order valence-corrected chi connectivity index (χ3v) is 4.60. The summed E-state index contributed by atoms with van der Waals surface area (Å²) < 4.78 is 5.41. The number of likely N-dealkylation sites (N-methyl/N-ethyl adjacent to an activating group) is 1. The number of aliphatic carboxylic acids is 1. The summed E-state index contributed by atoms with van der Waals surface area (Å²) in [5, 5.41) is 12.8. The van der Waals surface area contributed by atoms with Crippen LogP contribution in [0.3, 0.4) is 0 Å². The number of rotatable bonds is 5. The number of nitrogens with one attached hydrogen (secondary N) is 1. The Balaban J connectivity index is 2.17. The second-order valence-corrected chi connectivity index (χ2v) is 5.59. The molecule has 6 heteroatoms. The van der Waals surface area contributed by atoms with Crippen molar-refractivity contribution < 1.29 is 19.4 Å². The molecule has 2 heterocycles. The third-order valence-electron chi connectivity index (χ3n) is 4.60. The first-order chi connectivity index (χ1) is 9.56. The highest BCUT2D eigenvalue weighted by Gasteiger charge is 2.51. The first kappa shape index (κ1) is 15.3. The molecule has 2 aliphatic heterocycles. The Kier molecular flexibility index (Phi) is 4.65. The van der Waals surface area contributed by atoms with Crippen molar-refractivity contribution in [3.63, 3.8) is 0 Å². The summed E-state index contributed by atoms with van der Waals surface area (Å²) in [5.41, 5.74) is -1.02. The SMILES string of the molecule is CCNC1COCC1C(=O)N1CCCC1(CC)C(=O)O. The fourth-order valence-electron chi connectivity index (χ4n) is 3.40. The molecule has 0 saturated carbocycles. The molecule has 2 N–H and O–H groups in total. The second kappa shape index (κ2) is 6.10. The zero-order valence-corrected chi connectivity index (χ0v) is 12.2. The van der Waals surface area contributed by atoms with Gasteiger partial charge in [0.25, 0.3) is 0 Å². The minimum Gasteiger partial charge on any atom is -0.479 e. The lowest BCUT2D eigenvalue weighted by atomic mass is 9.91. The molecule has 3 unspecified atom stereocenters. The van der Waals surface area contributed by atoms with Gasteiger partial charge >= 0.3 is 5.97 Å². The lowest BCUT2D eigenvalue weighted by Gasteiger charge is -2.36. The Morgan fingerprint density at radius 3 is 2.75 bits per heavy atom. The zero-order chi connectivity index (χ0) is 14.8. The van der Waals surface area contributed by atoms with E-state index in [4.69, 9.17) is 4.74 Å². The number of carboxylic acids is 1. The Morgan fingerprint density at radius 1 is 1.40 bits per heavy atom. The van der Waals surface area contributed by atoms with Gasteiger partial charge in [0.15, 0.2) is 0 Å². The minimum atomic E-state index is -1.02. The lowest BCUT2D eigenvalue weighted by molar-refractivity contribution is -0.158. The van der Waals surface area contributed by atoms with E-state index in [0.717, 1.165) is 13.0 Å². The smallest absolute Gasteiger partial charge is 0.329 e. The maximum Gasteiger partial charge on any atom is 0.329 e. The number of carbonyl (C=O) groups excluding carboxylic acids is 1. The molecule has 20 heavy (non-hydrogen) atoms. The predicted octanol–water partition coefficient (Wildman–Crippen LogP) is 0.467. The van der Waals surface area contributed by atoms with Gasteiger partial charge in [-0.15, -0.1) is 0 Å². The molecule has 0 spiro atoms. The van der Waals surface area contributed by atoms with Gasteiger partial charge in [0.1, 0.15) is 5.54 Å². The standard InChI is InChI=1S/C14H24N2O4/c1-3-14(13(18)19)6-5-7-16(14)12(17)10-8-20-9-11(10)15-4-2/h10-11,15H,3-9H2,1-2H3,(H,18,19). The molecule has 6 nitrogen and oxygen atoms in total. The predicted molar refractivity (Wildman–Crippen MR) is 73.4 cm³/mol. The van der Waals surface area contributed by atoms with Crippen LogP contribution in [0.5, 0.6) is 0 Å². The Labute approximate surface area is 119 Å². The Morgan fingerprint density at radius 2 is 2.15 bits per heavy atom. The molecule has 0 aromatic carbocycles. The molecule has 1 amide bonds. The van der Waals surface area contributed by atoms with E-state index < -0.39 is 11.5 Å². The normalized spacial score (nSPS) is 33.6. The molecule has 0 aromatic rings. The number of likely N-dealkylation sites (tertiary alicyclic amines) is 1. The van der Waals surface area contributed by atoms with E-state index in [-0.39, 0.29) is 17.9 Å². The fraction of sp³-hybridized carbons (Fsp3) is 0.857. The number of carbonyl (C=O) groups is 2. The first-order valence-corrected chi connectivity index (χ1v) is 7.42. The number of nitrogens with zero attached hydrogens (tertiary/aromatic N) is 1. The first-order valence-electron chi connectivity index (χ1n) is 7.42. The van der Waals surface area contributed by atoms with Gasteiger partial charge in [0.05, 0.1) is 19.1 Å². The average Bonchev–Trinajstić information content (AvgIpc) is 3.05. The van der Waals surface area contributed by atoms with Gasteiger partial charge in [0, 0.05) is 12.6 Å². The molecule has 3 atom stereocenters. The van der Waals surface area contributed by atoms with Crippen LogP contribution in [-0.4, -0.2) is 59.8 Å². The number of ether oxygens (including phenoxy) is 1. The molecule has 2 saturated heterocycles. The molecular weight excluding hydrogens is 260 g/mol. The van der Waals surface area contributed by atoms with E-state index in [9.17, 15) is 14.7 Å². The summed E-state index contributed by atoms with van der Waals surface area (Å²) in [4.78, 5) is 26.0. The van der Waals surface area contributed by atoms with Gasteiger partial charge in [-0.2, -0.15) is 0 Å². The van der Waals surface area contributed by atoms with Crippen molar-refractivity contribution in [3.8, 4) is 0 Å². The lowest BCUT2D eigenvalue weighted by Crippen LogP contribution is -2.56. The van der Waals surface area contributed by atoms with Gasteiger partial charge < -0.3 is 20.1 Å². The summed E-state index contributed by atoms with van der Waals surface area (Å²) >= 11 is 0. The van der Waals surface area contributed by atoms with Crippen LogP contribution in [0.15, 0.2) is 0 Å². The quantitative estimate of drug-likeness (QED) is 0.767. The molecule has 2 aliphatic rings. The largest absolute Gasteiger partial charge is 0.479 e. The van der Waals surface area contributed by atoms with E-state index in [1.54, 1.807) is 4.90 Å². The zero-order valence-electron chi connectivity index (χ0n) is 12.2. The van der Waals surface area contributed by atoms with Crippen LogP contribution in [0.4, 0.5) is 0 Å². The van der Waals surface area contributed by atoms with E-state index in [1.165, 1.54) is 0 Å². The third kappa shape index (κ3) is 2.42. The summed E-state index contributed by atoms with van der Waals surface area (Å²) in [5.74, 6) is -1.22. The van der Waals surface area contributed by atoms with Gasteiger partial charge in [-0.1, -0.05) is 13.8 Å². The van der Waals surface area contributed by atoms with E-state index >= 15 is 0 Å². The Hall–Kier alpha value is -1.14. The van der Waals surface area contributed by atoms with Gasteiger partial charge in [0.2, 0.25) is 5.91 Å². The molecule has 2 rings (SSSR count). The van der Waals surface area contributed by atoms with Crippen molar-refractivity contribution in [2.75, 3.05) is 26.3 Å². The maximum atomic E-state index is 12.8. The van der Waals surface area contributed by atoms with Crippen molar-refractivity contribution >= 4 is 11.9 Å². The van der Waals surface area contributed by atoms with Crippen LogP contribution in [0.1, 0.15) is 33.1 Å². The van der Waals surface area contributed by atoms with Crippen LogP contribution in [0, 0.1) is 5.92 Å². The van der Waals surface area contributed by atoms with Crippen molar-refractivity contribution in [2.45, 2.75) is 44.7 Å². The summed E-state index contributed by atoms with van der Waals surface area (Å²) in [6.07, 6.45) is 1.75. The van der Waals surface area contributed by atoms with Crippen LogP contribution in [0.2, 0.25) is 0 Å². The van der Waals surface area contributed by atoms with Crippen LogP contribution >= 0.6 is 0 Å². The highest BCUT2D eigenvalue weighted by Crippen LogP contribution is 2.35. The highest BCUT2D eigenvalue weighted by molar-refractivity contribution is 5.89. The van der Waals surface area contributed by atoms with Crippen LogP contribution in [0.25, 0.3) is 0 Å². The van der Waals surface area contributed by atoms with Crippen molar-refractivity contribution in [1.82, 2.24) is 10.2 Å². The van der Waals surface area contributed by atoms with Crippen molar-refractivity contribution in [3.05, 3.63) is 0 Å². The minimum absolute atomic E-state index is 0.00329. The number of hydrogen-bond donors (Lipinski definition) is 2. The number of amides is 1. The van der Waals surface area contributed by atoms with Crippen LogP contribution < -0.4 is 5.32 Å². The molecular formula is C14H24N2O4. The highest BCUT2D eigenvalue weighted by atomic mass is 16.5. The fourth-order valence-corrected chi connectivity index (χ4v) is 3.40. The monoisotopic (exact) mass is 284 g/mol. The van der Waals surface area contributed by atoms with Crippen molar-refractivity contribution in [1.29, 1.82) is 0 Å². The Bertz CT molecular complexity index is 387. The van der Waals surface area contributed by atoms with E-state index in [0.29, 0.717) is 32.6 Å². The maximum absolute atomic E-state index is 12.8. The molecule has 0 bridgehead atoms. The van der Waals surface area contributed by atoms with Gasteiger partial charge in [-0.05, 0) is 25.8 Å². The summed E-state index contributed by atoms with van der Waals surface area (Å²) in [6.45, 7) is 6.04. The number of carboxylic acid groups (broad SMARTS) is 1. The molecule has 0 aliphatic carbocycles. The average molecular weight is 284 g/mol. The van der Waals surface area contributed by atoms with E-state index in [1.807, 2.05) is 13.8 Å². The topological polar surface area (TPSA) is 78.9 Å². The molecule has 0 aromatic heterocycles. The van der Waals surface area contributed by atoms with Crippen molar-refractivity contribution in [2.24, 2.45) is 5.92 Å². The molecule has 2 fully saturated rings.